The first-order chi connectivity index (χ1) is 7.44. The minimum Gasteiger partial charge on any atom is -0.353 e. The van der Waals surface area contributed by atoms with E-state index in [4.69, 9.17) is 11.6 Å². The van der Waals surface area contributed by atoms with Crippen LogP contribution in [0.3, 0.4) is 0 Å². The third-order valence-electron chi connectivity index (χ3n) is 3.02. The summed E-state index contributed by atoms with van der Waals surface area (Å²) in [6, 6.07) is 0.0208. The highest BCUT2D eigenvalue weighted by Gasteiger charge is 2.37. The van der Waals surface area contributed by atoms with Gasteiger partial charge in [0, 0.05) is 30.7 Å². The summed E-state index contributed by atoms with van der Waals surface area (Å²) in [5.41, 5.74) is 0. The second-order valence-corrected chi connectivity index (χ2v) is 4.90. The van der Waals surface area contributed by atoms with Gasteiger partial charge in [-0.1, -0.05) is 0 Å². The zero-order chi connectivity index (χ0) is 12.2. The summed E-state index contributed by atoms with van der Waals surface area (Å²) in [5, 5.41) is 2.81. The Morgan fingerprint density at radius 1 is 1.50 bits per heavy atom. The SMILES string of the molecule is CC(CCCl)NC(=O)C1CCC(F)(F)CC1. The maximum absolute atomic E-state index is 12.9. The Morgan fingerprint density at radius 2 is 2.06 bits per heavy atom. The van der Waals surface area contributed by atoms with Crippen LogP contribution >= 0.6 is 11.6 Å². The molecule has 1 fully saturated rings. The van der Waals surface area contributed by atoms with Gasteiger partial charge < -0.3 is 5.32 Å². The number of alkyl halides is 3. The molecule has 1 rings (SSSR count). The number of hydrogen-bond acceptors (Lipinski definition) is 1. The van der Waals surface area contributed by atoms with E-state index in [2.05, 4.69) is 5.32 Å². The van der Waals surface area contributed by atoms with Crippen molar-refractivity contribution < 1.29 is 13.6 Å². The monoisotopic (exact) mass is 253 g/mol. The van der Waals surface area contributed by atoms with Crippen molar-refractivity contribution in [1.29, 1.82) is 0 Å². The van der Waals surface area contributed by atoms with Crippen LogP contribution in [0, 0.1) is 5.92 Å². The van der Waals surface area contributed by atoms with E-state index in [1.165, 1.54) is 0 Å². The first-order valence-corrected chi connectivity index (χ1v) is 6.22. The van der Waals surface area contributed by atoms with E-state index >= 15 is 0 Å². The molecule has 0 spiro atoms. The van der Waals surface area contributed by atoms with Crippen LogP contribution in [0.4, 0.5) is 8.78 Å². The summed E-state index contributed by atoms with van der Waals surface area (Å²) >= 11 is 5.55. The molecule has 0 saturated heterocycles. The lowest BCUT2D eigenvalue weighted by molar-refractivity contribution is -0.129. The first kappa shape index (κ1) is 13.7. The van der Waals surface area contributed by atoms with Gasteiger partial charge in [0.15, 0.2) is 0 Å². The molecule has 2 nitrogen and oxygen atoms in total. The molecule has 5 heteroatoms. The second-order valence-electron chi connectivity index (χ2n) is 4.52. The number of hydrogen-bond donors (Lipinski definition) is 1. The fourth-order valence-corrected chi connectivity index (χ4v) is 2.23. The highest BCUT2D eigenvalue weighted by molar-refractivity contribution is 6.17. The lowest BCUT2D eigenvalue weighted by atomic mass is 9.86. The quantitative estimate of drug-likeness (QED) is 0.767. The summed E-state index contributed by atoms with van der Waals surface area (Å²) in [6.07, 6.45) is 0.930. The zero-order valence-electron chi connectivity index (χ0n) is 9.44. The van der Waals surface area contributed by atoms with Crippen LogP contribution in [0.15, 0.2) is 0 Å². The van der Waals surface area contributed by atoms with Gasteiger partial charge in [-0.3, -0.25) is 4.79 Å². The van der Waals surface area contributed by atoms with Gasteiger partial charge >= 0.3 is 0 Å². The summed E-state index contributed by atoms with van der Waals surface area (Å²) < 4.78 is 25.8. The summed E-state index contributed by atoms with van der Waals surface area (Å²) in [7, 11) is 0. The van der Waals surface area contributed by atoms with Crippen molar-refractivity contribution in [1.82, 2.24) is 5.32 Å². The first-order valence-electron chi connectivity index (χ1n) is 5.69. The molecular formula is C11H18ClF2NO. The van der Waals surface area contributed by atoms with Gasteiger partial charge in [-0.15, -0.1) is 11.6 Å². The van der Waals surface area contributed by atoms with Crippen LogP contribution < -0.4 is 5.32 Å². The molecule has 1 saturated carbocycles. The highest BCUT2D eigenvalue weighted by atomic mass is 35.5. The Kier molecular flexibility index (Phi) is 4.96. The molecule has 0 radical (unpaired) electrons. The molecule has 1 atom stereocenters. The largest absolute Gasteiger partial charge is 0.353 e. The highest BCUT2D eigenvalue weighted by Crippen LogP contribution is 2.36. The van der Waals surface area contributed by atoms with Crippen molar-refractivity contribution in [3.8, 4) is 0 Å². The molecule has 0 aromatic rings. The molecule has 1 unspecified atom stereocenters. The Labute approximate surface area is 99.7 Å². The minimum absolute atomic E-state index is 0.0208. The fraction of sp³-hybridized carbons (Fsp3) is 0.909. The van der Waals surface area contributed by atoms with Crippen molar-refractivity contribution in [3.63, 3.8) is 0 Å². The van der Waals surface area contributed by atoms with E-state index in [-0.39, 0.29) is 43.6 Å². The third kappa shape index (κ3) is 4.24. The average Bonchev–Trinajstić information content (AvgIpc) is 2.17. The molecule has 0 aliphatic heterocycles. The van der Waals surface area contributed by atoms with Crippen molar-refractivity contribution in [2.24, 2.45) is 5.92 Å². The topological polar surface area (TPSA) is 29.1 Å². The molecule has 94 valence electrons. The maximum atomic E-state index is 12.9. The van der Waals surface area contributed by atoms with E-state index in [1.54, 1.807) is 0 Å². The number of carbonyl (C=O) groups excluding carboxylic acids is 1. The van der Waals surface area contributed by atoms with Gasteiger partial charge in [-0.25, -0.2) is 8.78 Å². The van der Waals surface area contributed by atoms with Gasteiger partial charge in [-0.05, 0) is 26.2 Å². The van der Waals surface area contributed by atoms with Crippen LogP contribution in [-0.2, 0) is 4.79 Å². The van der Waals surface area contributed by atoms with Crippen LogP contribution in [0.25, 0.3) is 0 Å². The molecule has 0 aromatic carbocycles. The number of amides is 1. The Morgan fingerprint density at radius 3 is 2.56 bits per heavy atom. The summed E-state index contributed by atoms with van der Waals surface area (Å²) in [5.74, 6) is -2.44. The van der Waals surface area contributed by atoms with E-state index in [0.717, 1.165) is 0 Å². The predicted molar refractivity (Wildman–Crippen MR) is 59.8 cm³/mol. The van der Waals surface area contributed by atoms with E-state index in [0.29, 0.717) is 12.3 Å². The number of rotatable bonds is 4. The molecule has 0 aromatic heterocycles. The van der Waals surface area contributed by atoms with Crippen molar-refractivity contribution in [2.75, 3.05) is 5.88 Å². The number of carbonyl (C=O) groups is 1. The summed E-state index contributed by atoms with van der Waals surface area (Å²) in [4.78, 5) is 11.7. The molecule has 16 heavy (non-hydrogen) atoms. The van der Waals surface area contributed by atoms with Gasteiger partial charge in [0.1, 0.15) is 0 Å². The minimum atomic E-state index is -2.57. The molecular weight excluding hydrogens is 236 g/mol. The molecule has 0 heterocycles. The zero-order valence-corrected chi connectivity index (χ0v) is 10.2. The van der Waals surface area contributed by atoms with Crippen LogP contribution in [0.5, 0.6) is 0 Å². The van der Waals surface area contributed by atoms with Gasteiger partial charge in [0.05, 0.1) is 0 Å². The normalized spacial score (nSPS) is 22.8. The lowest BCUT2D eigenvalue weighted by Crippen LogP contribution is -2.40. The second kappa shape index (κ2) is 5.80. The predicted octanol–water partition coefficient (Wildman–Crippen LogP) is 2.95. The molecule has 1 amide bonds. The fourth-order valence-electron chi connectivity index (χ4n) is 1.90. The maximum Gasteiger partial charge on any atom is 0.248 e. The summed E-state index contributed by atoms with van der Waals surface area (Å²) in [6.45, 7) is 1.87. The standard InChI is InChI=1S/C11H18ClF2NO/c1-8(4-7-12)15-10(16)9-2-5-11(13,14)6-3-9/h8-9H,2-7H2,1H3,(H,15,16). The van der Waals surface area contributed by atoms with Gasteiger partial charge in [0.25, 0.3) is 0 Å². The van der Waals surface area contributed by atoms with Crippen LogP contribution in [0.1, 0.15) is 39.0 Å². The van der Waals surface area contributed by atoms with Crippen LogP contribution in [-0.4, -0.2) is 23.8 Å². The smallest absolute Gasteiger partial charge is 0.248 e. The Hall–Kier alpha value is -0.380. The van der Waals surface area contributed by atoms with E-state index in [1.807, 2.05) is 6.92 Å². The molecule has 1 aliphatic carbocycles. The van der Waals surface area contributed by atoms with Crippen molar-refractivity contribution in [2.45, 2.75) is 51.0 Å². The molecule has 0 bridgehead atoms. The van der Waals surface area contributed by atoms with Gasteiger partial charge in [0.2, 0.25) is 11.8 Å². The Balaban J connectivity index is 2.33. The van der Waals surface area contributed by atoms with Crippen molar-refractivity contribution in [3.05, 3.63) is 0 Å². The third-order valence-corrected chi connectivity index (χ3v) is 3.24. The van der Waals surface area contributed by atoms with E-state index < -0.39 is 5.92 Å². The van der Waals surface area contributed by atoms with Crippen molar-refractivity contribution >= 4 is 17.5 Å². The van der Waals surface area contributed by atoms with Crippen LogP contribution in [0.2, 0.25) is 0 Å². The Bertz CT molecular complexity index is 238. The molecule has 1 aliphatic rings. The molecule has 1 N–H and O–H groups in total. The lowest BCUT2D eigenvalue weighted by Gasteiger charge is -2.28. The van der Waals surface area contributed by atoms with E-state index in [9.17, 15) is 13.6 Å². The number of halogens is 3. The number of nitrogens with one attached hydrogen (secondary N) is 1. The van der Waals surface area contributed by atoms with Gasteiger partial charge in [-0.2, -0.15) is 0 Å². The average molecular weight is 254 g/mol.